The van der Waals surface area contributed by atoms with E-state index in [4.69, 9.17) is 9.47 Å². The summed E-state index contributed by atoms with van der Waals surface area (Å²) in [5.74, 6) is -0.365. The van der Waals surface area contributed by atoms with Gasteiger partial charge in [-0.1, -0.05) is 129 Å². The average Bonchev–Trinajstić information content (AvgIpc) is 3.05. The van der Waals surface area contributed by atoms with Crippen molar-refractivity contribution in [3.8, 4) is 0 Å². The van der Waals surface area contributed by atoms with Gasteiger partial charge in [0.15, 0.2) is 0 Å². The molecule has 12 heteroatoms. The van der Waals surface area contributed by atoms with Gasteiger partial charge < -0.3 is 30.7 Å². The summed E-state index contributed by atoms with van der Waals surface area (Å²) >= 11 is 0. The van der Waals surface area contributed by atoms with Crippen molar-refractivity contribution in [3.05, 3.63) is 0 Å². The largest absolute Gasteiger partial charge is 0.444 e. The van der Waals surface area contributed by atoms with Gasteiger partial charge in [-0.3, -0.25) is 10.1 Å². The molecule has 0 radical (unpaired) electrons. The molecule has 12 nitrogen and oxygen atoms in total. The van der Waals surface area contributed by atoms with E-state index in [9.17, 15) is 19.2 Å². The third kappa shape index (κ3) is 34.5. The van der Waals surface area contributed by atoms with Crippen LogP contribution in [0, 0.1) is 0 Å². The zero-order valence-corrected chi connectivity index (χ0v) is 35.2. The second kappa shape index (κ2) is 31.3. The number of hydrogen-bond donors (Lipinski definition) is 5. The minimum atomic E-state index is -0.875. The fourth-order valence-electron chi connectivity index (χ4n) is 5.64. The van der Waals surface area contributed by atoms with Crippen molar-refractivity contribution < 1.29 is 28.7 Å². The molecule has 0 bridgehead atoms. The van der Waals surface area contributed by atoms with Crippen LogP contribution < -0.4 is 26.6 Å². The highest BCUT2D eigenvalue weighted by Gasteiger charge is 2.22. The Labute approximate surface area is 323 Å². The molecule has 0 spiro atoms. The minimum Gasteiger partial charge on any atom is -0.444 e. The van der Waals surface area contributed by atoms with Crippen LogP contribution in [0.1, 0.15) is 197 Å². The van der Waals surface area contributed by atoms with E-state index in [0.717, 1.165) is 32.1 Å². The maximum absolute atomic E-state index is 13.2. The lowest BCUT2D eigenvalue weighted by atomic mass is 10.0. The van der Waals surface area contributed by atoms with Crippen molar-refractivity contribution in [2.75, 3.05) is 19.6 Å². The maximum atomic E-state index is 13.2. The standard InChI is InChI=1S/C41H80N6O6/c1-9-11-13-15-17-18-19-20-21-22-23-24-26-28-32-44-37(49)45-34(35(48)42-31-27-25-16-14-12-10-2)30-29-33-43-36(46-38(50)52-40(3,4)5)47-39(51)53-41(6,7)8/h34H,9-33H2,1-8H3,(H,42,48)(H2,44,45,49)(H2,43,46,47,50,51). The molecule has 0 aliphatic heterocycles. The Balaban J connectivity index is 4.88. The van der Waals surface area contributed by atoms with Gasteiger partial charge in [0.25, 0.3) is 0 Å². The van der Waals surface area contributed by atoms with Gasteiger partial charge in [-0.2, -0.15) is 0 Å². The smallest absolute Gasteiger partial charge is 0.437 e. The number of ether oxygens (including phenoxy) is 2. The molecular formula is C41H80N6O6. The number of hydrogen-bond acceptors (Lipinski definition) is 6. The molecule has 0 aliphatic rings. The number of alkyl carbamates (subject to hydrolysis) is 1. The molecule has 5 amide bonds. The number of guanidine groups is 1. The molecule has 5 N–H and O–H groups in total. The zero-order chi connectivity index (χ0) is 39.8. The Morgan fingerprint density at radius 1 is 0.528 bits per heavy atom. The molecule has 310 valence electrons. The summed E-state index contributed by atoms with van der Waals surface area (Å²) in [5.41, 5.74) is -1.53. The Bertz CT molecular complexity index is 1010. The van der Waals surface area contributed by atoms with Crippen molar-refractivity contribution in [1.82, 2.24) is 26.6 Å². The van der Waals surface area contributed by atoms with E-state index < -0.39 is 29.4 Å². The van der Waals surface area contributed by atoms with E-state index in [1.54, 1.807) is 41.5 Å². The molecule has 0 rings (SSSR count). The van der Waals surface area contributed by atoms with Crippen LogP contribution in [0.25, 0.3) is 0 Å². The van der Waals surface area contributed by atoms with E-state index in [1.165, 1.54) is 96.3 Å². The first kappa shape index (κ1) is 49.9. The topological polar surface area (TPSA) is 159 Å². The summed E-state index contributed by atoms with van der Waals surface area (Å²) in [4.78, 5) is 54.7. The molecular weight excluding hydrogens is 672 g/mol. The number of carbonyl (C=O) groups is 4. The molecule has 0 aromatic carbocycles. The first-order chi connectivity index (χ1) is 25.2. The van der Waals surface area contributed by atoms with E-state index in [0.29, 0.717) is 25.9 Å². The highest BCUT2D eigenvalue weighted by molar-refractivity contribution is 5.98. The van der Waals surface area contributed by atoms with E-state index >= 15 is 0 Å². The number of unbranched alkanes of at least 4 members (excludes halogenated alkanes) is 18. The third-order valence-corrected chi connectivity index (χ3v) is 8.45. The second-order valence-corrected chi connectivity index (χ2v) is 16.2. The van der Waals surface area contributed by atoms with Gasteiger partial charge in [-0.15, -0.1) is 4.99 Å². The minimum absolute atomic E-state index is 0.128. The van der Waals surface area contributed by atoms with Crippen LogP contribution in [0.5, 0.6) is 0 Å². The lowest BCUT2D eigenvalue weighted by molar-refractivity contribution is -0.123. The highest BCUT2D eigenvalue weighted by atomic mass is 16.6. The molecule has 0 fully saturated rings. The quantitative estimate of drug-likeness (QED) is 0.0302. The lowest BCUT2D eigenvalue weighted by Crippen LogP contribution is -2.50. The summed E-state index contributed by atoms with van der Waals surface area (Å²) in [6.45, 7) is 16.1. The number of rotatable bonds is 28. The summed E-state index contributed by atoms with van der Waals surface area (Å²) in [6, 6.07) is -1.12. The molecule has 0 aromatic rings. The van der Waals surface area contributed by atoms with Crippen LogP contribution in [0.2, 0.25) is 0 Å². The zero-order valence-electron chi connectivity index (χ0n) is 35.2. The SMILES string of the molecule is CCCCCCCCCCCCCCCCNC(=O)NC(CCCNC(=NC(=O)OC(C)(C)C)NC(=O)OC(C)(C)C)C(=O)NCCCCCCCC. The number of carbonyl (C=O) groups excluding carboxylic acids is 4. The Hall–Kier alpha value is -3.05. The number of amides is 5. The van der Waals surface area contributed by atoms with Gasteiger partial charge in [0.2, 0.25) is 11.9 Å². The highest BCUT2D eigenvalue weighted by Crippen LogP contribution is 2.13. The Morgan fingerprint density at radius 2 is 0.943 bits per heavy atom. The molecule has 0 aliphatic carbocycles. The van der Waals surface area contributed by atoms with Crippen molar-refractivity contribution in [2.45, 2.75) is 214 Å². The summed E-state index contributed by atoms with van der Waals surface area (Å²) in [7, 11) is 0. The Kier molecular flexibility index (Phi) is 29.5. The van der Waals surface area contributed by atoms with Gasteiger partial charge in [0, 0.05) is 19.6 Å². The summed E-state index contributed by atoms with van der Waals surface area (Å²) < 4.78 is 10.6. The lowest BCUT2D eigenvalue weighted by Gasteiger charge is -2.21. The number of nitrogens with zero attached hydrogens (tertiary/aromatic N) is 1. The van der Waals surface area contributed by atoms with E-state index in [-0.39, 0.29) is 24.4 Å². The first-order valence-corrected chi connectivity index (χ1v) is 21.0. The van der Waals surface area contributed by atoms with Crippen molar-refractivity contribution in [3.63, 3.8) is 0 Å². The average molecular weight is 753 g/mol. The van der Waals surface area contributed by atoms with Crippen LogP contribution in [0.4, 0.5) is 14.4 Å². The van der Waals surface area contributed by atoms with Crippen LogP contribution in [0.15, 0.2) is 4.99 Å². The number of nitrogens with one attached hydrogen (secondary N) is 5. The van der Waals surface area contributed by atoms with Crippen LogP contribution in [0.3, 0.4) is 0 Å². The van der Waals surface area contributed by atoms with Crippen LogP contribution in [-0.4, -0.2) is 67.0 Å². The van der Waals surface area contributed by atoms with Gasteiger partial charge in [0.05, 0.1) is 0 Å². The van der Waals surface area contributed by atoms with E-state index in [2.05, 4.69) is 45.4 Å². The number of urea groups is 1. The normalized spacial score (nSPS) is 12.5. The Morgan fingerprint density at radius 3 is 1.40 bits per heavy atom. The van der Waals surface area contributed by atoms with Crippen molar-refractivity contribution in [2.24, 2.45) is 4.99 Å². The molecule has 53 heavy (non-hydrogen) atoms. The van der Waals surface area contributed by atoms with Crippen LogP contribution >= 0.6 is 0 Å². The number of aliphatic imine (C=N–C) groups is 1. The van der Waals surface area contributed by atoms with Crippen molar-refractivity contribution in [1.29, 1.82) is 0 Å². The summed E-state index contributed by atoms with van der Waals surface area (Å²) in [6.07, 6.45) is 23.6. The fourth-order valence-corrected chi connectivity index (χ4v) is 5.64. The molecule has 0 aromatic heterocycles. The summed E-state index contributed by atoms with van der Waals surface area (Å²) in [5, 5.41) is 14.2. The molecule has 1 unspecified atom stereocenters. The van der Waals surface area contributed by atoms with Gasteiger partial charge in [0.1, 0.15) is 17.2 Å². The van der Waals surface area contributed by atoms with Gasteiger partial charge in [-0.25, -0.2) is 14.4 Å². The molecule has 1 atom stereocenters. The predicted molar refractivity (Wildman–Crippen MR) is 217 cm³/mol. The van der Waals surface area contributed by atoms with Gasteiger partial charge in [-0.05, 0) is 67.2 Å². The molecule has 0 heterocycles. The van der Waals surface area contributed by atoms with Crippen LogP contribution in [-0.2, 0) is 14.3 Å². The molecule has 0 saturated carbocycles. The predicted octanol–water partition coefficient (Wildman–Crippen LogP) is 9.80. The van der Waals surface area contributed by atoms with Gasteiger partial charge >= 0.3 is 18.2 Å². The van der Waals surface area contributed by atoms with Crippen molar-refractivity contribution >= 4 is 30.1 Å². The third-order valence-electron chi connectivity index (χ3n) is 8.45. The molecule has 0 saturated heterocycles. The monoisotopic (exact) mass is 753 g/mol. The van der Waals surface area contributed by atoms with E-state index in [1.807, 2.05) is 0 Å². The second-order valence-electron chi connectivity index (χ2n) is 16.2. The maximum Gasteiger partial charge on any atom is 0.437 e. The first-order valence-electron chi connectivity index (χ1n) is 21.0. The fraction of sp³-hybridized carbons (Fsp3) is 0.878.